The van der Waals surface area contributed by atoms with E-state index >= 15 is 0 Å². The Kier molecular flexibility index (Phi) is 5.75. The Balaban J connectivity index is 1.76. The number of anilines is 1. The first kappa shape index (κ1) is 18.2. The Hall–Kier alpha value is -2.58. The quantitative estimate of drug-likeness (QED) is 0.805. The van der Waals surface area contributed by atoms with Crippen LogP contribution in [0.3, 0.4) is 0 Å². The number of nitrogens with one attached hydrogen (secondary N) is 2. The largest absolute Gasteiger partial charge is 0.493 e. The molecule has 1 saturated heterocycles. The minimum atomic E-state index is -0.493. The van der Waals surface area contributed by atoms with E-state index in [0.29, 0.717) is 37.0 Å². The van der Waals surface area contributed by atoms with Gasteiger partial charge in [0.25, 0.3) is 5.91 Å². The highest BCUT2D eigenvalue weighted by Crippen LogP contribution is 2.28. The monoisotopic (exact) mass is 360 g/mol. The third-order valence-corrected chi connectivity index (χ3v) is 4.26. The molecule has 1 aliphatic heterocycles. The maximum absolute atomic E-state index is 12.5. The lowest BCUT2D eigenvalue weighted by molar-refractivity contribution is -0.128. The second kappa shape index (κ2) is 8.20. The minimum Gasteiger partial charge on any atom is -0.493 e. The van der Waals surface area contributed by atoms with E-state index in [9.17, 15) is 4.79 Å². The first-order valence-electron chi connectivity index (χ1n) is 8.49. The van der Waals surface area contributed by atoms with Gasteiger partial charge in [-0.25, -0.2) is 4.68 Å². The molecule has 1 aromatic heterocycles. The second-order valence-corrected chi connectivity index (χ2v) is 6.08. The summed E-state index contributed by atoms with van der Waals surface area (Å²) in [5, 5.41) is 10.5. The smallest absolute Gasteiger partial charge is 0.255 e. The zero-order valence-corrected chi connectivity index (χ0v) is 15.2. The molecule has 0 aliphatic carbocycles. The molecule has 2 aromatic rings. The molecule has 0 unspecified atom stereocenters. The number of hydrogen-bond donors (Lipinski definition) is 2. The van der Waals surface area contributed by atoms with Crippen molar-refractivity contribution in [1.29, 1.82) is 0 Å². The van der Waals surface area contributed by atoms with E-state index in [2.05, 4.69) is 15.7 Å². The Morgan fingerprint density at radius 1 is 1.38 bits per heavy atom. The number of hydrogen-bond acceptors (Lipinski definition) is 6. The minimum absolute atomic E-state index is 0.172. The number of benzene rings is 1. The van der Waals surface area contributed by atoms with Crippen molar-refractivity contribution in [2.75, 3.05) is 39.2 Å². The number of morpholine rings is 1. The van der Waals surface area contributed by atoms with E-state index < -0.39 is 6.10 Å². The van der Waals surface area contributed by atoms with Crippen LogP contribution in [-0.2, 0) is 16.1 Å². The molecule has 1 aromatic carbocycles. The number of aromatic nitrogens is 2. The highest BCUT2D eigenvalue weighted by molar-refractivity contribution is 5.94. The van der Waals surface area contributed by atoms with Crippen molar-refractivity contribution in [1.82, 2.24) is 15.1 Å². The predicted octanol–water partition coefficient (Wildman–Crippen LogP) is 1.18. The summed E-state index contributed by atoms with van der Waals surface area (Å²) < 4.78 is 17.9. The summed E-state index contributed by atoms with van der Waals surface area (Å²) in [6, 6.07) is 5.69. The molecule has 8 nitrogen and oxygen atoms in total. The third-order valence-electron chi connectivity index (χ3n) is 4.26. The fraction of sp³-hybridized carbons (Fsp3) is 0.444. The SMILES string of the molecule is COc1ccc(Cn2ncc(C)c2NC(=O)[C@H]2CNCCO2)cc1OC. The fourth-order valence-corrected chi connectivity index (χ4v) is 2.84. The number of ether oxygens (including phenoxy) is 3. The van der Waals surface area contributed by atoms with Crippen LogP contribution in [0.2, 0.25) is 0 Å². The number of amides is 1. The van der Waals surface area contributed by atoms with Crippen LogP contribution in [0.4, 0.5) is 5.82 Å². The molecule has 26 heavy (non-hydrogen) atoms. The van der Waals surface area contributed by atoms with Crippen molar-refractivity contribution in [2.45, 2.75) is 19.6 Å². The molecule has 0 radical (unpaired) electrons. The lowest BCUT2D eigenvalue weighted by Crippen LogP contribution is -2.45. The van der Waals surface area contributed by atoms with Gasteiger partial charge in [-0.05, 0) is 24.6 Å². The molecular weight excluding hydrogens is 336 g/mol. The first-order valence-corrected chi connectivity index (χ1v) is 8.49. The van der Waals surface area contributed by atoms with Crippen LogP contribution in [-0.4, -0.2) is 55.7 Å². The van der Waals surface area contributed by atoms with Crippen LogP contribution in [0.5, 0.6) is 11.5 Å². The van der Waals surface area contributed by atoms with E-state index in [1.54, 1.807) is 25.1 Å². The van der Waals surface area contributed by atoms with Gasteiger partial charge < -0.3 is 24.8 Å². The van der Waals surface area contributed by atoms with Crippen molar-refractivity contribution in [2.24, 2.45) is 0 Å². The highest BCUT2D eigenvalue weighted by Gasteiger charge is 2.23. The van der Waals surface area contributed by atoms with Gasteiger partial charge in [-0.1, -0.05) is 6.07 Å². The van der Waals surface area contributed by atoms with Crippen molar-refractivity contribution in [3.05, 3.63) is 35.5 Å². The Bertz CT molecular complexity index is 769. The molecule has 0 saturated carbocycles. The molecule has 1 amide bonds. The van der Waals surface area contributed by atoms with Gasteiger partial charge in [0.1, 0.15) is 11.9 Å². The molecule has 1 aliphatic rings. The van der Waals surface area contributed by atoms with Gasteiger partial charge in [-0.3, -0.25) is 4.79 Å². The van der Waals surface area contributed by atoms with E-state index in [4.69, 9.17) is 14.2 Å². The standard InChI is InChI=1S/C18H24N4O4/c1-12-9-20-22(11-13-4-5-14(24-2)15(8-13)25-3)17(12)21-18(23)16-10-19-6-7-26-16/h4-5,8-9,16,19H,6-7,10-11H2,1-3H3,(H,21,23)/t16-/m1/s1. The summed E-state index contributed by atoms with van der Waals surface area (Å²) in [7, 11) is 3.20. The van der Waals surface area contributed by atoms with Crippen LogP contribution < -0.4 is 20.1 Å². The number of nitrogens with zero attached hydrogens (tertiary/aromatic N) is 2. The van der Waals surface area contributed by atoms with Gasteiger partial charge in [0.05, 0.1) is 33.6 Å². The van der Waals surface area contributed by atoms with Gasteiger partial charge in [0, 0.05) is 18.7 Å². The van der Waals surface area contributed by atoms with Crippen molar-refractivity contribution >= 4 is 11.7 Å². The Labute approximate surface area is 152 Å². The van der Waals surface area contributed by atoms with Gasteiger partial charge in [0.2, 0.25) is 0 Å². The van der Waals surface area contributed by atoms with Crippen LogP contribution in [0.15, 0.2) is 24.4 Å². The zero-order valence-electron chi connectivity index (χ0n) is 15.2. The molecule has 2 N–H and O–H groups in total. The van der Waals surface area contributed by atoms with E-state index in [-0.39, 0.29) is 5.91 Å². The van der Waals surface area contributed by atoms with Gasteiger partial charge in [-0.15, -0.1) is 0 Å². The molecule has 1 atom stereocenters. The number of carbonyl (C=O) groups excluding carboxylic acids is 1. The number of aryl methyl sites for hydroxylation is 1. The van der Waals surface area contributed by atoms with E-state index in [1.807, 2.05) is 25.1 Å². The maximum Gasteiger partial charge on any atom is 0.255 e. The molecule has 3 rings (SSSR count). The maximum atomic E-state index is 12.5. The zero-order chi connectivity index (χ0) is 18.5. The summed E-state index contributed by atoms with van der Waals surface area (Å²) in [6.45, 7) is 4.21. The number of carbonyl (C=O) groups is 1. The fourth-order valence-electron chi connectivity index (χ4n) is 2.84. The number of methoxy groups -OCH3 is 2. The summed E-state index contributed by atoms with van der Waals surface area (Å²) in [5.74, 6) is 1.82. The van der Waals surface area contributed by atoms with Gasteiger partial charge in [0.15, 0.2) is 11.5 Å². The normalized spacial score (nSPS) is 17.0. The third kappa shape index (κ3) is 3.97. The van der Waals surface area contributed by atoms with Crippen LogP contribution in [0.1, 0.15) is 11.1 Å². The predicted molar refractivity (Wildman–Crippen MR) is 96.9 cm³/mol. The van der Waals surface area contributed by atoms with Gasteiger partial charge >= 0.3 is 0 Å². The average molecular weight is 360 g/mol. The summed E-state index contributed by atoms with van der Waals surface area (Å²) in [4.78, 5) is 12.5. The molecule has 0 spiro atoms. The molecule has 0 bridgehead atoms. The second-order valence-electron chi connectivity index (χ2n) is 6.08. The summed E-state index contributed by atoms with van der Waals surface area (Å²) >= 11 is 0. The van der Waals surface area contributed by atoms with E-state index in [1.165, 1.54) is 0 Å². The lowest BCUT2D eigenvalue weighted by atomic mass is 10.2. The van der Waals surface area contributed by atoms with Crippen molar-refractivity contribution < 1.29 is 19.0 Å². The molecule has 8 heteroatoms. The first-order chi connectivity index (χ1) is 12.6. The van der Waals surface area contributed by atoms with Crippen LogP contribution in [0.25, 0.3) is 0 Å². The van der Waals surface area contributed by atoms with Crippen LogP contribution >= 0.6 is 0 Å². The van der Waals surface area contributed by atoms with Gasteiger partial charge in [-0.2, -0.15) is 5.10 Å². The molecule has 140 valence electrons. The van der Waals surface area contributed by atoms with Crippen molar-refractivity contribution in [3.8, 4) is 11.5 Å². The molecular formula is C18H24N4O4. The van der Waals surface area contributed by atoms with Crippen LogP contribution in [0, 0.1) is 6.92 Å². The topological polar surface area (TPSA) is 86.6 Å². The molecule has 1 fully saturated rings. The Morgan fingerprint density at radius 3 is 2.88 bits per heavy atom. The molecule has 2 heterocycles. The van der Waals surface area contributed by atoms with Crippen molar-refractivity contribution in [3.63, 3.8) is 0 Å². The highest BCUT2D eigenvalue weighted by atomic mass is 16.5. The summed E-state index contributed by atoms with van der Waals surface area (Å²) in [5.41, 5.74) is 1.87. The van der Waals surface area contributed by atoms with E-state index in [0.717, 1.165) is 17.7 Å². The average Bonchev–Trinajstić information content (AvgIpc) is 3.02. The lowest BCUT2D eigenvalue weighted by Gasteiger charge is -2.23. The summed E-state index contributed by atoms with van der Waals surface area (Å²) in [6.07, 6.45) is 1.24. The Morgan fingerprint density at radius 2 is 2.19 bits per heavy atom. The number of rotatable bonds is 6.